The van der Waals surface area contributed by atoms with Crippen LogP contribution in [-0.4, -0.2) is 26.3 Å². The van der Waals surface area contributed by atoms with Crippen LogP contribution in [0.3, 0.4) is 0 Å². The van der Waals surface area contributed by atoms with Gasteiger partial charge in [0.1, 0.15) is 0 Å². The van der Waals surface area contributed by atoms with Crippen molar-refractivity contribution in [3.05, 3.63) is 28.5 Å². The van der Waals surface area contributed by atoms with Crippen molar-refractivity contribution in [2.24, 2.45) is 0 Å². The fourth-order valence-electron chi connectivity index (χ4n) is 1.18. The van der Waals surface area contributed by atoms with Crippen LogP contribution in [0.1, 0.15) is 21.7 Å². The molecule has 0 saturated carbocycles. The van der Waals surface area contributed by atoms with E-state index in [1.54, 1.807) is 6.20 Å². The van der Waals surface area contributed by atoms with Gasteiger partial charge in [-0.25, -0.2) is 9.78 Å². The Morgan fingerprint density at radius 3 is 3.06 bits per heavy atom. The summed E-state index contributed by atoms with van der Waals surface area (Å²) in [6, 6.07) is 0. The van der Waals surface area contributed by atoms with Crippen LogP contribution in [0.25, 0.3) is 0 Å². The summed E-state index contributed by atoms with van der Waals surface area (Å²) in [6.07, 6.45) is 1.73. The van der Waals surface area contributed by atoms with E-state index >= 15 is 0 Å². The van der Waals surface area contributed by atoms with E-state index in [2.05, 4.69) is 20.5 Å². The van der Waals surface area contributed by atoms with Crippen molar-refractivity contribution >= 4 is 22.4 Å². The smallest absolute Gasteiger partial charge is 0.355 e. The quantitative estimate of drug-likeness (QED) is 0.750. The standard InChI is InChI=1S/C9H10N4O2S/c1-5-6(3-11-13-5)2-10-9-12-7(4-16-9)8(14)15/h3-4H,2H2,1H3,(H,10,12)(H,11,13)(H,14,15). The molecule has 0 bridgehead atoms. The van der Waals surface area contributed by atoms with E-state index in [1.807, 2.05) is 6.92 Å². The molecule has 7 heteroatoms. The van der Waals surface area contributed by atoms with Gasteiger partial charge in [0, 0.05) is 23.2 Å². The number of nitrogens with one attached hydrogen (secondary N) is 2. The number of aryl methyl sites for hydroxylation is 1. The Morgan fingerprint density at radius 1 is 1.69 bits per heavy atom. The minimum atomic E-state index is -1.01. The molecule has 2 rings (SSSR count). The van der Waals surface area contributed by atoms with Gasteiger partial charge >= 0.3 is 5.97 Å². The summed E-state index contributed by atoms with van der Waals surface area (Å²) in [5.74, 6) is -1.01. The Kier molecular flexibility index (Phi) is 2.86. The number of nitrogens with zero attached hydrogens (tertiary/aromatic N) is 2. The van der Waals surface area contributed by atoms with Crippen LogP contribution in [0, 0.1) is 6.92 Å². The number of rotatable bonds is 4. The van der Waals surface area contributed by atoms with E-state index in [4.69, 9.17) is 5.11 Å². The molecule has 0 saturated heterocycles. The highest BCUT2D eigenvalue weighted by Gasteiger charge is 2.08. The zero-order chi connectivity index (χ0) is 11.5. The first-order chi connectivity index (χ1) is 7.66. The molecule has 0 aliphatic heterocycles. The highest BCUT2D eigenvalue weighted by Crippen LogP contribution is 2.16. The molecule has 0 radical (unpaired) electrons. The van der Waals surface area contributed by atoms with Crippen molar-refractivity contribution in [3.8, 4) is 0 Å². The highest BCUT2D eigenvalue weighted by atomic mass is 32.1. The lowest BCUT2D eigenvalue weighted by atomic mass is 10.3. The second kappa shape index (κ2) is 4.31. The molecule has 16 heavy (non-hydrogen) atoms. The zero-order valence-corrected chi connectivity index (χ0v) is 9.34. The first-order valence-corrected chi connectivity index (χ1v) is 5.46. The minimum Gasteiger partial charge on any atom is -0.476 e. The Labute approximate surface area is 95.3 Å². The molecular formula is C9H10N4O2S. The predicted octanol–water partition coefficient (Wildman–Crippen LogP) is 1.48. The first kappa shape index (κ1) is 10.6. The van der Waals surface area contributed by atoms with Gasteiger partial charge in [0.25, 0.3) is 0 Å². The zero-order valence-electron chi connectivity index (χ0n) is 8.52. The fourth-order valence-corrected chi connectivity index (χ4v) is 1.86. The number of hydrogen-bond acceptors (Lipinski definition) is 5. The van der Waals surface area contributed by atoms with Crippen LogP contribution in [-0.2, 0) is 6.54 Å². The summed E-state index contributed by atoms with van der Waals surface area (Å²) < 4.78 is 0. The normalized spacial score (nSPS) is 10.3. The number of aromatic amines is 1. The third-order valence-electron chi connectivity index (χ3n) is 2.09. The molecule has 2 aromatic rings. The Balaban J connectivity index is 2.00. The molecule has 0 aliphatic carbocycles. The molecule has 0 aliphatic rings. The summed E-state index contributed by atoms with van der Waals surface area (Å²) in [6.45, 7) is 2.50. The van der Waals surface area contributed by atoms with Crippen molar-refractivity contribution in [1.82, 2.24) is 15.2 Å². The van der Waals surface area contributed by atoms with Crippen molar-refractivity contribution in [2.75, 3.05) is 5.32 Å². The molecule has 2 aromatic heterocycles. The van der Waals surface area contributed by atoms with Crippen molar-refractivity contribution < 1.29 is 9.90 Å². The van der Waals surface area contributed by atoms with E-state index in [9.17, 15) is 4.79 Å². The lowest BCUT2D eigenvalue weighted by molar-refractivity contribution is 0.0691. The maximum absolute atomic E-state index is 10.6. The van der Waals surface area contributed by atoms with Crippen LogP contribution in [0.15, 0.2) is 11.6 Å². The lowest BCUT2D eigenvalue weighted by Crippen LogP contribution is -2.01. The molecule has 0 amide bonds. The Morgan fingerprint density at radius 2 is 2.50 bits per heavy atom. The van der Waals surface area contributed by atoms with Crippen LogP contribution in [0.5, 0.6) is 0 Å². The number of H-pyrrole nitrogens is 1. The van der Waals surface area contributed by atoms with Gasteiger partial charge in [-0.1, -0.05) is 0 Å². The maximum Gasteiger partial charge on any atom is 0.355 e. The molecule has 6 nitrogen and oxygen atoms in total. The number of anilines is 1. The van der Waals surface area contributed by atoms with Gasteiger partial charge in [0.05, 0.1) is 6.20 Å². The van der Waals surface area contributed by atoms with Gasteiger partial charge in [-0.3, -0.25) is 5.10 Å². The van der Waals surface area contributed by atoms with E-state index in [1.165, 1.54) is 16.7 Å². The summed E-state index contributed by atoms with van der Waals surface area (Å²) in [7, 11) is 0. The van der Waals surface area contributed by atoms with Gasteiger partial charge in [-0.15, -0.1) is 11.3 Å². The molecule has 0 fully saturated rings. The Hall–Kier alpha value is -1.89. The van der Waals surface area contributed by atoms with Crippen LogP contribution in [0.4, 0.5) is 5.13 Å². The molecule has 84 valence electrons. The number of carbonyl (C=O) groups is 1. The van der Waals surface area contributed by atoms with Gasteiger partial charge in [-0.2, -0.15) is 5.10 Å². The van der Waals surface area contributed by atoms with E-state index in [-0.39, 0.29) is 5.69 Å². The third-order valence-corrected chi connectivity index (χ3v) is 2.89. The largest absolute Gasteiger partial charge is 0.476 e. The third kappa shape index (κ3) is 2.19. The number of hydrogen-bond donors (Lipinski definition) is 3. The molecule has 0 spiro atoms. The summed E-state index contributed by atoms with van der Waals surface area (Å²) in [4.78, 5) is 14.5. The SMILES string of the molecule is Cc1[nH]ncc1CNc1nc(C(=O)O)cs1. The number of carboxylic acid groups (broad SMARTS) is 1. The van der Waals surface area contributed by atoms with Gasteiger partial charge in [-0.05, 0) is 6.92 Å². The molecule has 3 N–H and O–H groups in total. The fraction of sp³-hybridized carbons (Fsp3) is 0.222. The van der Waals surface area contributed by atoms with Crippen LogP contribution < -0.4 is 5.32 Å². The summed E-state index contributed by atoms with van der Waals surface area (Å²) in [5.41, 5.74) is 2.09. The molecule has 0 aromatic carbocycles. The van der Waals surface area contributed by atoms with E-state index in [0.717, 1.165) is 11.3 Å². The van der Waals surface area contributed by atoms with Crippen LogP contribution in [0.2, 0.25) is 0 Å². The minimum absolute atomic E-state index is 0.0661. The maximum atomic E-state index is 10.6. The Bertz CT molecular complexity index is 505. The molecule has 0 atom stereocenters. The van der Waals surface area contributed by atoms with E-state index in [0.29, 0.717) is 11.7 Å². The average molecular weight is 238 g/mol. The van der Waals surface area contributed by atoms with Gasteiger partial charge < -0.3 is 10.4 Å². The second-order valence-corrected chi connectivity index (χ2v) is 4.07. The van der Waals surface area contributed by atoms with Crippen molar-refractivity contribution in [2.45, 2.75) is 13.5 Å². The summed E-state index contributed by atoms with van der Waals surface area (Å²) in [5, 5.41) is 20.6. The molecule has 0 unspecified atom stereocenters. The molecule has 2 heterocycles. The monoisotopic (exact) mass is 238 g/mol. The molecular weight excluding hydrogens is 228 g/mol. The predicted molar refractivity (Wildman–Crippen MR) is 59.7 cm³/mol. The lowest BCUT2D eigenvalue weighted by Gasteiger charge is -2.00. The number of thiazole rings is 1. The number of aromatic nitrogens is 3. The second-order valence-electron chi connectivity index (χ2n) is 3.22. The van der Waals surface area contributed by atoms with Gasteiger partial charge in [0.2, 0.25) is 0 Å². The van der Waals surface area contributed by atoms with Crippen molar-refractivity contribution in [3.63, 3.8) is 0 Å². The number of carboxylic acids is 1. The topological polar surface area (TPSA) is 90.9 Å². The van der Waals surface area contributed by atoms with E-state index < -0.39 is 5.97 Å². The van der Waals surface area contributed by atoms with Crippen LogP contribution >= 0.6 is 11.3 Å². The first-order valence-electron chi connectivity index (χ1n) is 4.58. The highest BCUT2D eigenvalue weighted by molar-refractivity contribution is 7.13. The summed E-state index contributed by atoms with van der Waals surface area (Å²) >= 11 is 1.27. The van der Waals surface area contributed by atoms with Gasteiger partial charge in [0.15, 0.2) is 10.8 Å². The van der Waals surface area contributed by atoms with Crippen molar-refractivity contribution in [1.29, 1.82) is 0 Å². The number of aromatic carboxylic acids is 1. The average Bonchev–Trinajstić information content (AvgIpc) is 2.83.